The van der Waals surface area contributed by atoms with E-state index in [1.807, 2.05) is 41.7 Å². The lowest BCUT2D eigenvalue weighted by atomic mass is 10.2. The topological polar surface area (TPSA) is 20.5 Å². The molecule has 1 aromatic carbocycles. The number of fused-ring (bicyclic) bond motifs is 1. The molecule has 0 atom stereocenters. The van der Waals surface area contributed by atoms with Crippen molar-refractivity contribution in [3.05, 3.63) is 53.0 Å². The molecule has 20 heavy (non-hydrogen) atoms. The molecule has 5 heteroatoms. The quantitative estimate of drug-likeness (QED) is 0.707. The Hall–Kier alpha value is -1.88. The number of imidazole rings is 1. The molecule has 0 unspecified atom stereocenters. The van der Waals surface area contributed by atoms with Gasteiger partial charge in [0.2, 0.25) is 0 Å². The molecule has 0 bridgehead atoms. The summed E-state index contributed by atoms with van der Waals surface area (Å²) in [6.07, 6.45) is 1.96. The second-order valence-corrected chi connectivity index (χ2v) is 5.49. The second-order valence-electron chi connectivity index (χ2n) is 4.74. The summed E-state index contributed by atoms with van der Waals surface area (Å²) in [6.45, 7) is 0. The summed E-state index contributed by atoms with van der Waals surface area (Å²) >= 11 is 3.52. The Morgan fingerprint density at radius 1 is 1.15 bits per heavy atom. The minimum absolute atomic E-state index is 0.248. The third-order valence-corrected chi connectivity index (χ3v) is 3.74. The number of pyridine rings is 1. The molecule has 2 heterocycles. The largest absolute Gasteiger partial charge is 0.376 e. The van der Waals surface area contributed by atoms with Gasteiger partial charge in [-0.15, -0.1) is 0 Å². The van der Waals surface area contributed by atoms with Crippen molar-refractivity contribution in [1.29, 1.82) is 0 Å². The standard InChI is InChI=1S/C15H13BrFN3/c1-19(2)12-4-3-9-20-13(12)14(16)18-15(20)10-5-7-11(17)8-6-10/h3-9H,1-2H3. The van der Waals surface area contributed by atoms with E-state index in [4.69, 9.17) is 0 Å². The van der Waals surface area contributed by atoms with Gasteiger partial charge in [0, 0.05) is 25.9 Å². The van der Waals surface area contributed by atoms with Crippen molar-refractivity contribution < 1.29 is 4.39 Å². The van der Waals surface area contributed by atoms with Gasteiger partial charge in [0.15, 0.2) is 0 Å². The molecule has 0 radical (unpaired) electrons. The number of rotatable bonds is 2. The summed E-state index contributed by atoms with van der Waals surface area (Å²) in [5.74, 6) is 0.540. The van der Waals surface area contributed by atoms with Crippen LogP contribution in [0.3, 0.4) is 0 Å². The molecule has 3 nitrogen and oxygen atoms in total. The van der Waals surface area contributed by atoms with Crippen LogP contribution in [0.25, 0.3) is 16.9 Å². The molecule has 0 amide bonds. The van der Waals surface area contributed by atoms with Crippen molar-refractivity contribution in [3.8, 4) is 11.4 Å². The van der Waals surface area contributed by atoms with Crippen LogP contribution in [0.1, 0.15) is 0 Å². The third kappa shape index (κ3) is 2.08. The zero-order valence-electron chi connectivity index (χ0n) is 11.1. The molecule has 0 N–H and O–H groups in total. The van der Waals surface area contributed by atoms with Gasteiger partial charge in [0.25, 0.3) is 0 Å². The van der Waals surface area contributed by atoms with Crippen molar-refractivity contribution in [2.24, 2.45) is 0 Å². The normalized spacial score (nSPS) is 11.0. The van der Waals surface area contributed by atoms with Crippen LogP contribution in [0.5, 0.6) is 0 Å². The van der Waals surface area contributed by atoms with Crippen LogP contribution in [-0.2, 0) is 0 Å². The Kier molecular flexibility index (Phi) is 3.22. The van der Waals surface area contributed by atoms with Gasteiger partial charge >= 0.3 is 0 Å². The smallest absolute Gasteiger partial charge is 0.145 e. The van der Waals surface area contributed by atoms with Crippen molar-refractivity contribution in [3.63, 3.8) is 0 Å². The van der Waals surface area contributed by atoms with E-state index in [9.17, 15) is 4.39 Å². The van der Waals surface area contributed by atoms with E-state index >= 15 is 0 Å². The predicted octanol–water partition coefficient (Wildman–Crippen LogP) is 3.97. The van der Waals surface area contributed by atoms with E-state index in [1.165, 1.54) is 12.1 Å². The summed E-state index contributed by atoms with van der Waals surface area (Å²) in [7, 11) is 3.98. The fourth-order valence-electron chi connectivity index (χ4n) is 2.24. The average Bonchev–Trinajstić information content (AvgIpc) is 2.77. The van der Waals surface area contributed by atoms with E-state index < -0.39 is 0 Å². The van der Waals surface area contributed by atoms with Crippen LogP contribution in [-0.4, -0.2) is 23.5 Å². The van der Waals surface area contributed by atoms with E-state index in [0.29, 0.717) is 0 Å². The Balaban J connectivity index is 2.28. The fraction of sp³-hybridized carbons (Fsp3) is 0.133. The number of nitrogens with zero attached hydrogens (tertiary/aromatic N) is 3. The number of hydrogen-bond acceptors (Lipinski definition) is 2. The molecule has 0 fully saturated rings. The number of anilines is 1. The maximum atomic E-state index is 13.0. The van der Waals surface area contributed by atoms with Crippen LogP contribution >= 0.6 is 15.9 Å². The Bertz CT molecular complexity index is 763. The highest BCUT2D eigenvalue weighted by Crippen LogP contribution is 2.31. The first-order valence-electron chi connectivity index (χ1n) is 6.18. The van der Waals surface area contributed by atoms with Gasteiger partial charge in [-0.05, 0) is 52.3 Å². The lowest BCUT2D eigenvalue weighted by Gasteiger charge is -2.14. The first-order chi connectivity index (χ1) is 9.58. The minimum atomic E-state index is -0.248. The minimum Gasteiger partial charge on any atom is -0.376 e. The monoisotopic (exact) mass is 333 g/mol. The highest BCUT2D eigenvalue weighted by atomic mass is 79.9. The number of hydrogen-bond donors (Lipinski definition) is 0. The van der Waals surface area contributed by atoms with Crippen LogP contribution in [0.15, 0.2) is 47.2 Å². The fourth-order valence-corrected chi connectivity index (χ4v) is 2.80. The van der Waals surface area contributed by atoms with E-state index in [0.717, 1.165) is 27.2 Å². The summed E-state index contributed by atoms with van der Waals surface area (Å²) in [5.41, 5.74) is 2.94. The Morgan fingerprint density at radius 3 is 2.50 bits per heavy atom. The zero-order chi connectivity index (χ0) is 14.3. The number of benzene rings is 1. The van der Waals surface area contributed by atoms with Gasteiger partial charge < -0.3 is 4.90 Å². The van der Waals surface area contributed by atoms with Crippen LogP contribution in [0.2, 0.25) is 0 Å². The van der Waals surface area contributed by atoms with Crippen LogP contribution in [0, 0.1) is 5.82 Å². The third-order valence-electron chi connectivity index (χ3n) is 3.18. The number of halogens is 2. The Labute approximate surface area is 124 Å². The van der Waals surface area contributed by atoms with Crippen molar-refractivity contribution >= 4 is 27.1 Å². The summed E-state index contributed by atoms with van der Waals surface area (Å²) < 4.78 is 15.8. The zero-order valence-corrected chi connectivity index (χ0v) is 12.7. The van der Waals surface area contributed by atoms with E-state index in [2.05, 4.69) is 20.9 Å². The van der Waals surface area contributed by atoms with Gasteiger partial charge in [-0.3, -0.25) is 4.40 Å². The van der Waals surface area contributed by atoms with Gasteiger partial charge in [-0.2, -0.15) is 0 Å². The van der Waals surface area contributed by atoms with Crippen molar-refractivity contribution in [1.82, 2.24) is 9.38 Å². The molecular formula is C15H13BrFN3. The molecule has 0 spiro atoms. The van der Waals surface area contributed by atoms with Gasteiger partial charge in [-0.1, -0.05) is 0 Å². The summed E-state index contributed by atoms with van der Waals surface area (Å²) in [6, 6.07) is 10.4. The number of aromatic nitrogens is 2. The van der Waals surface area contributed by atoms with Crippen molar-refractivity contribution in [2.45, 2.75) is 0 Å². The first kappa shape index (κ1) is 13.1. The van der Waals surface area contributed by atoms with Crippen LogP contribution < -0.4 is 4.90 Å². The van der Waals surface area contributed by atoms with E-state index in [-0.39, 0.29) is 5.82 Å². The van der Waals surface area contributed by atoms with E-state index in [1.54, 1.807) is 12.1 Å². The maximum absolute atomic E-state index is 13.0. The SMILES string of the molecule is CN(C)c1cccn2c(-c3ccc(F)cc3)nc(Br)c12. The summed E-state index contributed by atoms with van der Waals surface area (Å²) in [4.78, 5) is 6.60. The molecule has 0 aliphatic carbocycles. The van der Waals surface area contributed by atoms with Crippen LogP contribution in [0.4, 0.5) is 10.1 Å². The molecule has 0 aliphatic rings. The molecule has 3 rings (SSSR count). The molecular weight excluding hydrogens is 321 g/mol. The van der Waals surface area contributed by atoms with Crippen molar-refractivity contribution in [2.75, 3.05) is 19.0 Å². The second kappa shape index (κ2) is 4.90. The van der Waals surface area contributed by atoms with Gasteiger partial charge in [0.1, 0.15) is 21.8 Å². The summed E-state index contributed by atoms with van der Waals surface area (Å²) in [5, 5.41) is 0. The molecule has 0 aliphatic heterocycles. The lowest BCUT2D eigenvalue weighted by Crippen LogP contribution is -2.09. The van der Waals surface area contributed by atoms with Gasteiger partial charge in [-0.25, -0.2) is 9.37 Å². The Morgan fingerprint density at radius 2 is 1.85 bits per heavy atom. The molecule has 0 saturated carbocycles. The van der Waals surface area contributed by atoms with Gasteiger partial charge in [0.05, 0.1) is 5.69 Å². The molecule has 2 aromatic heterocycles. The predicted molar refractivity (Wildman–Crippen MR) is 82.6 cm³/mol. The molecule has 3 aromatic rings. The highest BCUT2D eigenvalue weighted by molar-refractivity contribution is 9.10. The molecule has 0 saturated heterocycles. The lowest BCUT2D eigenvalue weighted by molar-refractivity contribution is 0.628. The highest BCUT2D eigenvalue weighted by Gasteiger charge is 2.14. The maximum Gasteiger partial charge on any atom is 0.145 e. The first-order valence-corrected chi connectivity index (χ1v) is 6.97. The molecule has 102 valence electrons. The average molecular weight is 334 g/mol.